The van der Waals surface area contributed by atoms with Crippen LogP contribution in [0.25, 0.3) is 0 Å². The predicted molar refractivity (Wildman–Crippen MR) is 133 cm³/mol. The normalized spacial score (nSPS) is 10.9. The largest absolute Gasteiger partial charge is 0.495 e. The molecule has 8 nitrogen and oxygen atoms in total. The summed E-state index contributed by atoms with van der Waals surface area (Å²) in [5.41, 5.74) is 1.56. The lowest BCUT2D eigenvalue weighted by Crippen LogP contribution is -2.38. The number of nitrogens with zero attached hydrogens (tertiary/aromatic N) is 1. The number of halogens is 1. The van der Waals surface area contributed by atoms with E-state index >= 15 is 0 Å². The molecule has 2 N–H and O–H groups in total. The first kappa shape index (κ1) is 25.1. The van der Waals surface area contributed by atoms with Gasteiger partial charge in [-0.15, -0.1) is 0 Å². The number of carbonyl (C=O) groups is 2. The molecule has 10 heteroatoms. The highest BCUT2D eigenvalue weighted by Gasteiger charge is 2.25. The van der Waals surface area contributed by atoms with Crippen molar-refractivity contribution in [2.75, 3.05) is 29.5 Å². The molecule has 0 aliphatic heterocycles. The average Bonchev–Trinajstić information content (AvgIpc) is 2.81. The van der Waals surface area contributed by atoms with E-state index in [0.717, 1.165) is 16.1 Å². The summed E-state index contributed by atoms with van der Waals surface area (Å²) >= 11 is 6.04. The van der Waals surface area contributed by atoms with Crippen molar-refractivity contribution in [2.24, 2.45) is 0 Å². The first-order valence-electron chi connectivity index (χ1n) is 10.2. The Morgan fingerprint density at radius 1 is 1.00 bits per heavy atom. The number of ether oxygens (including phenoxy) is 1. The summed E-state index contributed by atoms with van der Waals surface area (Å²) in [4.78, 5) is 25.6. The molecule has 178 valence electrons. The van der Waals surface area contributed by atoms with Crippen LogP contribution in [0.4, 0.5) is 11.4 Å². The Morgan fingerprint density at radius 3 is 2.35 bits per heavy atom. The zero-order chi connectivity index (χ0) is 24.7. The number of para-hydroxylation sites is 1. The third-order valence-electron chi connectivity index (χ3n) is 4.84. The third-order valence-corrected chi connectivity index (χ3v) is 6.20. The Labute approximate surface area is 203 Å². The van der Waals surface area contributed by atoms with Crippen molar-refractivity contribution in [1.29, 1.82) is 0 Å². The fraction of sp³-hybridized carbons (Fsp3) is 0.167. The van der Waals surface area contributed by atoms with Crippen LogP contribution in [-0.2, 0) is 21.4 Å². The molecule has 0 unspecified atom stereocenters. The second-order valence-electron chi connectivity index (χ2n) is 7.35. The van der Waals surface area contributed by atoms with Crippen LogP contribution in [0.5, 0.6) is 5.75 Å². The van der Waals surface area contributed by atoms with Gasteiger partial charge in [0, 0.05) is 11.6 Å². The van der Waals surface area contributed by atoms with Crippen molar-refractivity contribution in [3.63, 3.8) is 0 Å². The number of benzene rings is 3. The minimum Gasteiger partial charge on any atom is -0.495 e. The predicted octanol–water partition coefficient (Wildman–Crippen LogP) is 3.68. The Kier molecular flexibility index (Phi) is 8.14. The van der Waals surface area contributed by atoms with E-state index in [4.69, 9.17) is 16.3 Å². The minimum atomic E-state index is -3.87. The van der Waals surface area contributed by atoms with E-state index in [-0.39, 0.29) is 33.6 Å². The number of hydrogen-bond donors (Lipinski definition) is 2. The van der Waals surface area contributed by atoms with Crippen LogP contribution < -0.4 is 19.7 Å². The van der Waals surface area contributed by atoms with Crippen molar-refractivity contribution in [3.05, 3.63) is 88.9 Å². The van der Waals surface area contributed by atoms with Gasteiger partial charge in [0.15, 0.2) is 0 Å². The highest BCUT2D eigenvalue weighted by molar-refractivity contribution is 7.92. The second-order valence-corrected chi connectivity index (χ2v) is 9.69. The van der Waals surface area contributed by atoms with Gasteiger partial charge in [0.1, 0.15) is 12.3 Å². The van der Waals surface area contributed by atoms with Crippen LogP contribution in [0.2, 0.25) is 5.02 Å². The molecule has 0 saturated carbocycles. The molecule has 0 fully saturated rings. The number of methoxy groups -OCH3 is 1. The SMILES string of the molecule is COc1ccc(Cl)cc1N(CC(=O)Nc1ccccc1C(=O)NCc1ccccc1)S(C)(=O)=O. The van der Waals surface area contributed by atoms with Crippen LogP contribution in [0, 0.1) is 0 Å². The van der Waals surface area contributed by atoms with Gasteiger partial charge in [-0.1, -0.05) is 54.1 Å². The van der Waals surface area contributed by atoms with E-state index in [9.17, 15) is 18.0 Å². The van der Waals surface area contributed by atoms with Crippen molar-refractivity contribution >= 4 is 44.8 Å². The van der Waals surface area contributed by atoms with Gasteiger partial charge in [-0.05, 0) is 35.9 Å². The van der Waals surface area contributed by atoms with Crippen molar-refractivity contribution in [2.45, 2.75) is 6.54 Å². The summed E-state index contributed by atoms with van der Waals surface area (Å²) in [6.07, 6.45) is 0.978. The Balaban J connectivity index is 1.78. The number of nitrogens with one attached hydrogen (secondary N) is 2. The lowest BCUT2D eigenvalue weighted by atomic mass is 10.1. The van der Waals surface area contributed by atoms with Gasteiger partial charge in [-0.25, -0.2) is 8.42 Å². The van der Waals surface area contributed by atoms with Gasteiger partial charge in [0.25, 0.3) is 5.91 Å². The number of carbonyl (C=O) groups excluding carboxylic acids is 2. The molecule has 0 atom stereocenters. The standard InChI is InChI=1S/C24H24ClN3O5S/c1-33-22-13-12-18(25)14-21(22)28(34(2,31)32)16-23(29)27-20-11-7-6-10-19(20)24(30)26-15-17-8-4-3-5-9-17/h3-14H,15-16H2,1-2H3,(H,26,30)(H,27,29). The van der Waals surface area contributed by atoms with E-state index < -0.39 is 22.5 Å². The molecule has 3 aromatic carbocycles. The number of sulfonamides is 1. The second kappa shape index (κ2) is 11.0. The van der Waals surface area contributed by atoms with Gasteiger partial charge in [0.2, 0.25) is 15.9 Å². The van der Waals surface area contributed by atoms with Gasteiger partial charge in [-0.3, -0.25) is 13.9 Å². The van der Waals surface area contributed by atoms with Crippen molar-refractivity contribution in [3.8, 4) is 5.75 Å². The zero-order valence-electron chi connectivity index (χ0n) is 18.6. The molecule has 0 bridgehead atoms. The quantitative estimate of drug-likeness (QED) is 0.465. The summed E-state index contributed by atoms with van der Waals surface area (Å²) < 4.78 is 31.1. The smallest absolute Gasteiger partial charge is 0.253 e. The molecule has 0 spiro atoms. The van der Waals surface area contributed by atoms with E-state index in [1.54, 1.807) is 30.3 Å². The highest BCUT2D eigenvalue weighted by Crippen LogP contribution is 2.32. The zero-order valence-corrected chi connectivity index (χ0v) is 20.2. The van der Waals surface area contributed by atoms with Crippen LogP contribution in [-0.4, -0.2) is 40.1 Å². The minimum absolute atomic E-state index is 0.126. The molecule has 3 rings (SSSR count). The molecule has 0 aliphatic carbocycles. The first-order valence-corrected chi connectivity index (χ1v) is 12.4. The van der Waals surface area contributed by atoms with Crippen LogP contribution in [0.3, 0.4) is 0 Å². The molecular formula is C24H24ClN3O5S. The van der Waals surface area contributed by atoms with Gasteiger partial charge < -0.3 is 15.4 Å². The lowest BCUT2D eigenvalue weighted by molar-refractivity contribution is -0.114. The molecule has 0 heterocycles. The maximum atomic E-state index is 12.9. The lowest BCUT2D eigenvalue weighted by Gasteiger charge is -2.24. The average molecular weight is 502 g/mol. The van der Waals surface area contributed by atoms with Crippen LogP contribution in [0.1, 0.15) is 15.9 Å². The van der Waals surface area contributed by atoms with Gasteiger partial charge in [0.05, 0.1) is 30.3 Å². The molecule has 0 aliphatic rings. The van der Waals surface area contributed by atoms with E-state index in [1.807, 2.05) is 30.3 Å². The first-order chi connectivity index (χ1) is 16.2. The Bertz CT molecular complexity index is 1280. The third kappa shape index (κ3) is 6.49. The Morgan fingerprint density at radius 2 is 1.68 bits per heavy atom. The molecule has 34 heavy (non-hydrogen) atoms. The number of rotatable bonds is 9. The maximum Gasteiger partial charge on any atom is 0.253 e. The molecule has 2 amide bonds. The van der Waals surface area contributed by atoms with Gasteiger partial charge >= 0.3 is 0 Å². The number of amides is 2. The topological polar surface area (TPSA) is 105 Å². The highest BCUT2D eigenvalue weighted by atomic mass is 35.5. The monoisotopic (exact) mass is 501 g/mol. The van der Waals surface area contributed by atoms with Crippen molar-refractivity contribution < 1.29 is 22.7 Å². The molecule has 0 aromatic heterocycles. The van der Waals surface area contributed by atoms with Gasteiger partial charge in [-0.2, -0.15) is 0 Å². The number of anilines is 2. The fourth-order valence-electron chi connectivity index (χ4n) is 3.22. The summed E-state index contributed by atoms with van der Waals surface area (Å²) in [6.45, 7) is -0.228. The van der Waals surface area contributed by atoms with Crippen LogP contribution in [0.15, 0.2) is 72.8 Å². The van der Waals surface area contributed by atoms with E-state index in [2.05, 4.69) is 10.6 Å². The fourth-order valence-corrected chi connectivity index (χ4v) is 4.24. The molecular weight excluding hydrogens is 478 g/mol. The summed E-state index contributed by atoms with van der Waals surface area (Å²) in [6, 6.07) is 20.4. The summed E-state index contributed by atoms with van der Waals surface area (Å²) in [5.74, 6) is -0.782. The Hall–Kier alpha value is -3.56. The number of hydrogen-bond acceptors (Lipinski definition) is 5. The maximum absolute atomic E-state index is 12.9. The molecule has 3 aromatic rings. The summed E-state index contributed by atoms with van der Waals surface area (Å²) in [7, 11) is -2.48. The van der Waals surface area contributed by atoms with Crippen LogP contribution >= 0.6 is 11.6 Å². The summed E-state index contributed by atoms with van der Waals surface area (Å²) in [5, 5.41) is 5.73. The molecule has 0 radical (unpaired) electrons. The molecule has 0 saturated heterocycles. The van der Waals surface area contributed by atoms with Crippen molar-refractivity contribution in [1.82, 2.24) is 5.32 Å². The van der Waals surface area contributed by atoms with E-state index in [0.29, 0.717) is 6.54 Å². The van der Waals surface area contributed by atoms with E-state index in [1.165, 1.54) is 19.2 Å².